The van der Waals surface area contributed by atoms with Crippen molar-refractivity contribution in [2.75, 3.05) is 37.6 Å². The Hall–Kier alpha value is -0.840. The lowest BCUT2D eigenvalue weighted by Crippen LogP contribution is -2.52. The van der Waals surface area contributed by atoms with Crippen molar-refractivity contribution >= 4 is 17.4 Å². The first-order valence-corrected chi connectivity index (χ1v) is 8.34. The summed E-state index contributed by atoms with van der Waals surface area (Å²) in [6.07, 6.45) is 7.25. The summed E-state index contributed by atoms with van der Waals surface area (Å²) in [5.74, 6) is 0.996. The largest absolute Gasteiger partial charge is 0.389 e. The first kappa shape index (κ1) is 15.1. The average molecular weight is 310 g/mol. The molecule has 1 aliphatic carbocycles. The monoisotopic (exact) mass is 309 g/mol. The Morgan fingerprint density at radius 2 is 1.81 bits per heavy atom. The minimum Gasteiger partial charge on any atom is -0.389 e. The molecule has 1 saturated carbocycles. The fourth-order valence-electron chi connectivity index (χ4n) is 3.47. The third kappa shape index (κ3) is 3.87. The molecule has 3 rings (SSSR count). The predicted molar refractivity (Wildman–Crippen MR) is 85.9 cm³/mol. The number of nitrogens with zero attached hydrogens (tertiary/aromatic N) is 3. The first-order chi connectivity index (χ1) is 10.1. The Kier molecular flexibility index (Phi) is 4.67. The fourth-order valence-corrected chi connectivity index (χ4v) is 3.59. The quantitative estimate of drug-likeness (QED) is 0.931. The summed E-state index contributed by atoms with van der Waals surface area (Å²) in [5.41, 5.74) is -0.445. The van der Waals surface area contributed by atoms with E-state index in [9.17, 15) is 5.11 Å². The molecule has 0 radical (unpaired) electrons. The first-order valence-electron chi connectivity index (χ1n) is 7.96. The maximum atomic E-state index is 10.7. The highest BCUT2D eigenvalue weighted by Crippen LogP contribution is 2.29. The van der Waals surface area contributed by atoms with E-state index in [1.54, 1.807) is 6.20 Å². The van der Waals surface area contributed by atoms with Crippen molar-refractivity contribution in [3.05, 3.63) is 23.4 Å². The van der Waals surface area contributed by atoms with Crippen molar-refractivity contribution in [2.24, 2.45) is 0 Å². The van der Waals surface area contributed by atoms with Gasteiger partial charge in [-0.2, -0.15) is 0 Å². The summed E-state index contributed by atoms with van der Waals surface area (Å²) >= 11 is 5.88. The van der Waals surface area contributed by atoms with E-state index >= 15 is 0 Å². The van der Waals surface area contributed by atoms with E-state index in [4.69, 9.17) is 11.6 Å². The van der Waals surface area contributed by atoms with Gasteiger partial charge in [0.05, 0.1) is 10.6 Å². The minimum atomic E-state index is -0.445. The summed E-state index contributed by atoms with van der Waals surface area (Å²) in [6.45, 7) is 4.74. The van der Waals surface area contributed by atoms with Gasteiger partial charge in [-0.1, -0.05) is 30.9 Å². The van der Waals surface area contributed by atoms with Gasteiger partial charge >= 0.3 is 0 Å². The molecule has 2 fully saturated rings. The number of hydrogen-bond donors (Lipinski definition) is 1. The van der Waals surface area contributed by atoms with E-state index in [0.29, 0.717) is 5.02 Å². The average Bonchev–Trinajstić information content (AvgIpc) is 2.49. The molecule has 21 heavy (non-hydrogen) atoms. The van der Waals surface area contributed by atoms with E-state index in [1.165, 1.54) is 19.3 Å². The topological polar surface area (TPSA) is 39.6 Å². The van der Waals surface area contributed by atoms with Crippen LogP contribution in [0.15, 0.2) is 18.3 Å². The molecule has 0 atom stereocenters. The SMILES string of the molecule is OC1(CN2CCN(c3ccc(Cl)cn3)CC2)CCCCC1. The summed E-state index contributed by atoms with van der Waals surface area (Å²) in [6, 6.07) is 3.87. The van der Waals surface area contributed by atoms with Crippen LogP contribution < -0.4 is 4.90 Å². The molecule has 1 N–H and O–H groups in total. The molecule has 0 bridgehead atoms. The summed E-state index contributed by atoms with van der Waals surface area (Å²) in [4.78, 5) is 9.07. The molecule has 0 aromatic carbocycles. The summed E-state index contributed by atoms with van der Waals surface area (Å²) in [7, 11) is 0. The minimum absolute atomic E-state index is 0.445. The van der Waals surface area contributed by atoms with Gasteiger partial charge < -0.3 is 10.0 Å². The highest BCUT2D eigenvalue weighted by molar-refractivity contribution is 6.30. The molecular formula is C16H24ClN3O. The molecule has 0 unspecified atom stereocenters. The normalized spacial score (nSPS) is 23.2. The predicted octanol–water partition coefficient (Wildman–Crippen LogP) is 2.55. The number of pyridine rings is 1. The van der Waals surface area contributed by atoms with Crippen molar-refractivity contribution in [2.45, 2.75) is 37.7 Å². The van der Waals surface area contributed by atoms with E-state index in [2.05, 4.69) is 14.8 Å². The van der Waals surface area contributed by atoms with E-state index in [-0.39, 0.29) is 0 Å². The molecule has 0 spiro atoms. The van der Waals surface area contributed by atoms with E-state index in [0.717, 1.165) is 51.4 Å². The Labute approximate surface area is 131 Å². The van der Waals surface area contributed by atoms with Gasteiger partial charge in [0.25, 0.3) is 0 Å². The van der Waals surface area contributed by atoms with Gasteiger partial charge in [0.15, 0.2) is 0 Å². The number of hydrogen-bond acceptors (Lipinski definition) is 4. The number of aliphatic hydroxyl groups is 1. The summed E-state index contributed by atoms with van der Waals surface area (Å²) < 4.78 is 0. The molecule has 0 amide bonds. The van der Waals surface area contributed by atoms with Gasteiger partial charge in [-0.05, 0) is 25.0 Å². The Morgan fingerprint density at radius 3 is 2.43 bits per heavy atom. The zero-order chi connectivity index (χ0) is 14.7. The standard InChI is InChI=1S/C16H24ClN3O/c17-14-4-5-15(18-12-14)20-10-8-19(9-11-20)13-16(21)6-2-1-3-7-16/h4-5,12,21H,1-3,6-11,13H2. The lowest BCUT2D eigenvalue weighted by atomic mass is 9.84. The maximum Gasteiger partial charge on any atom is 0.128 e. The second-order valence-electron chi connectivity index (χ2n) is 6.38. The van der Waals surface area contributed by atoms with Gasteiger partial charge in [-0.3, -0.25) is 4.90 Å². The van der Waals surface area contributed by atoms with Crippen molar-refractivity contribution in [3.8, 4) is 0 Å². The molecular weight excluding hydrogens is 286 g/mol. The fraction of sp³-hybridized carbons (Fsp3) is 0.688. The van der Waals surface area contributed by atoms with Crippen LogP contribution in [0.1, 0.15) is 32.1 Å². The van der Waals surface area contributed by atoms with Crippen molar-refractivity contribution in [1.29, 1.82) is 0 Å². The van der Waals surface area contributed by atoms with Crippen LogP contribution in [0, 0.1) is 0 Å². The third-order valence-corrected chi connectivity index (χ3v) is 4.93. The number of rotatable bonds is 3. The molecule has 1 saturated heterocycles. The van der Waals surface area contributed by atoms with E-state index < -0.39 is 5.60 Å². The molecule has 4 nitrogen and oxygen atoms in total. The highest BCUT2D eigenvalue weighted by atomic mass is 35.5. The van der Waals surface area contributed by atoms with Gasteiger partial charge in [0.1, 0.15) is 5.82 Å². The van der Waals surface area contributed by atoms with Gasteiger partial charge in [-0.25, -0.2) is 4.98 Å². The second kappa shape index (κ2) is 6.51. The number of halogens is 1. The molecule has 2 heterocycles. The highest BCUT2D eigenvalue weighted by Gasteiger charge is 2.32. The van der Waals surface area contributed by atoms with E-state index in [1.807, 2.05) is 12.1 Å². The maximum absolute atomic E-state index is 10.7. The lowest BCUT2D eigenvalue weighted by molar-refractivity contribution is -0.0271. The Morgan fingerprint density at radius 1 is 1.10 bits per heavy atom. The number of aromatic nitrogens is 1. The number of piperazine rings is 1. The van der Waals surface area contributed by atoms with Crippen LogP contribution in [0.4, 0.5) is 5.82 Å². The van der Waals surface area contributed by atoms with Gasteiger partial charge in [-0.15, -0.1) is 0 Å². The smallest absolute Gasteiger partial charge is 0.128 e. The Bertz CT molecular complexity index is 451. The molecule has 1 aliphatic heterocycles. The van der Waals surface area contributed by atoms with Crippen LogP contribution in [0.2, 0.25) is 5.02 Å². The third-order valence-electron chi connectivity index (χ3n) is 4.71. The van der Waals surface area contributed by atoms with Gasteiger partial charge in [0, 0.05) is 38.9 Å². The number of anilines is 1. The summed E-state index contributed by atoms with van der Waals surface area (Å²) in [5, 5.41) is 11.3. The Balaban J connectivity index is 1.51. The van der Waals surface area contributed by atoms with Gasteiger partial charge in [0.2, 0.25) is 0 Å². The van der Waals surface area contributed by atoms with Crippen LogP contribution in [0.5, 0.6) is 0 Å². The lowest BCUT2D eigenvalue weighted by Gasteiger charge is -2.41. The zero-order valence-electron chi connectivity index (χ0n) is 12.5. The van der Waals surface area contributed by atoms with Crippen LogP contribution >= 0.6 is 11.6 Å². The van der Waals surface area contributed by atoms with Crippen molar-refractivity contribution in [3.63, 3.8) is 0 Å². The van der Waals surface area contributed by atoms with Crippen molar-refractivity contribution < 1.29 is 5.11 Å². The van der Waals surface area contributed by atoms with Crippen LogP contribution in [0.3, 0.4) is 0 Å². The molecule has 2 aliphatic rings. The molecule has 5 heteroatoms. The van der Waals surface area contributed by atoms with Crippen LogP contribution in [-0.2, 0) is 0 Å². The molecule has 1 aromatic heterocycles. The zero-order valence-corrected chi connectivity index (χ0v) is 13.2. The van der Waals surface area contributed by atoms with Crippen LogP contribution in [-0.4, -0.2) is 53.3 Å². The number of β-amino-alcohol motifs (C(OH)–C–C–N with tert-alkyl or cyclic N) is 1. The van der Waals surface area contributed by atoms with Crippen molar-refractivity contribution in [1.82, 2.24) is 9.88 Å². The van der Waals surface area contributed by atoms with Crippen LogP contribution in [0.25, 0.3) is 0 Å². The molecule has 1 aromatic rings. The molecule has 116 valence electrons. The second-order valence-corrected chi connectivity index (χ2v) is 6.82.